The Balaban J connectivity index is 1.85. The van der Waals surface area contributed by atoms with Crippen molar-refractivity contribution in [3.05, 3.63) is 65.0 Å². The van der Waals surface area contributed by atoms with E-state index in [0.717, 1.165) is 31.9 Å². The Morgan fingerprint density at radius 2 is 1.80 bits per heavy atom. The third kappa shape index (κ3) is 3.30. The molecule has 25 heavy (non-hydrogen) atoms. The van der Waals surface area contributed by atoms with Crippen molar-refractivity contribution in [2.75, 3.05) is 32.8 Å². The third-order valence-electron chi connectivity index (χ3n) is 4.84. The van der Waals surface area contributed by atoms with Gasteiger partial charge < -0.3 is 10.1 Å². The van der Waals surface area contributed by atoms with E-state index < -0.39 is 0 Å². The van der Waals surface area contributed by atoms with E-state index in [4.69, 9.17) is 4.74 Å². The quantitative estimate of drug-likeness (QED) is 0.741. The lowest BCUT2D eigenvalue weighted by Gasteiger charge is -2.36. The van der Waals surface area contributed by atoms with Crippen LogP contribution in [0.1, 0.15) is 24.1 Å². The molecule has 2 aromatic carbocycles. The van der Waals surface area contributed by atoms with Crippen molar-refractivity contribution in [3.8, 4) is 5.75 Å². The molecule has 1 atom stereocenters. The zero-order valence-electron chi connectivity index (χ0n) is 14.6. The summed E-state index contributed by atoms with van der Waals surface area (Å²) in [4.78, 5) is 2.59. The van der Waals surface area contributed by atoms with Crippen molar-refractivity contribution in [3.63, 3.8) is 0 Å². The van der Waals surface area contributed by atoms with Crippen LogP contribution in [-0.2, 0) is 0 Å². The summed E-state index contributed by atoms with van der Waals surface area (Å²) >= 11 is 1.84. The molecule has 4 rings (SSSR count). The number of nitrogens with one attached hydrogen (secondary N) is 1. The first-order valence-corrected chi connectivity index (χ1v) is 9.89. The molecule has 3 nitrogen and oxygen atoms in total. The Morgan fingerprint density at radius 3 is 2.64 bits per heavy atom. The standard InChI is InChI=1S/C21H24N2OS/c1-2-24-19-9-5-3-8-17(19)21(23-13-11-22-12-14-23)18-15-25-20-10-6-4-7-16(18)20/h3-10,15,21-22H,2,11-14H2,1H3. The van der Waals surface area contributed by atoms with Gasteiger partial charge >= 0.3 is 0 Å². The molecule has 1 aliphatic rings. The number of piperazine rings is 1. The number of benzene rings is 2. The molecule has 0 aliphatic carbocycles. The maximum atomic E-state index is 5.98. The van der Waals surface area contributed by atoms with E-state index >= 15 is 0 Å². The summed E-state index contributed by atoms with van der Waals surface area (Å²) in [7, 11) is 0. The number of fused-ring (bicyclic) bond motifs is 1. The molecule has 1 aromatic heterocycles. The van der Waals surface area contributed by atoms with Gasteiger partial charge in [-0.25, -0.2) is 0 Å². The molecule has 1 N–H and O–H groups in total. The van der Waals surface area contributed by atoms with Crippen molar-refractivity contribution in [2.24, 2.45) is 0 Å². The Labute approximate surface area is 153 Å². The van der Waals surface area contributed by atoms with E-state index in [1.807, 2.05) is 11.3 Å². The van der Waals surface area contributed by atoms with Crippen LogP contribution in [0.15, 0.2) is 53.9 Å². The Bertz CT molecular complexity index is 839. The molecule has 1 fully saturated rings. The summed E-state index contributed by atoms with van der Waals surface area (Å²) in [5.41, 5.74) is 2.67. The van der Waals surface area contributed by atoms with Crippen LogP contribution in [0.25, 0.3) is 10.1 Å². The SMILES string of the molecule is CCOc1ccccc1C(c1csc2ccccc12)N1CCNCC1. The van der Waals surface area contributed by atoms with Crippen molar-refractivity contribution in [2.45, 2.75) is 13.0 Å². The second kappa shape index (κ2) is 7.56. The molecule has 130 valence electrons. The highest BCUT2D eigenvalue weighted by molar-refractivity contribution is 7.17. The first-order valence-electron chi connectivity index (χ1n) is 9.01. The third-order valence-corrected chi connectivity index (χ3v) is 5.82. The van der Waals surface area contributed by atoms with E-state index in [-0.39, 0.29) is 6.04 Å². The number of hydrogen-bond donors (Lipinski definition) is 1. The molecule has 3 aromatic rings. The second-order valence-electron chi connectivity index (χ2n) is 6.35. The van der Waals surface area contributed by atoms with E-state index in [1.54, 1.807) is 0 Å². The number of ether oxygens (including phenoxy) is 1. The summed E-state index contributed by atoms with van der Waals surface area (Å²) < 4.78 is 7.33. The fraction of sp³-hybridized carbons (Fsp3) is 0.333. The van der Waals surface area contributed by atoms with Gasteiger partial charge in [0.1, 0.15) is 5.75 Å². The zero-order valence-corrected chi connectivity index (χ0v) is 15.4. The van der Waals surface area contributed by atoms with Gasteiger partial charge in [0, 0.05) is 36.4 Å². The fourth-order valence-corrected chi connectivity index (χ4v) is 4.68. The van der Waals surface area contributed by atoms with E-state index in [2.05, 4.69) is 71.1 Å². The molecule has 0 radical (unpaired) electrons. The number of para-hydroxylation sites is 1. The normalized spacial score (nSPS) is 16.8. The minimum absolute atomic E-state index is 0.237. The van der Waals surface area contributed by atoms with E-state index in [1.165, 1.54) is 21.2 Å². The van der Waals surface area contributed by atoms with Crippen LogP contribution in [0.2, 0.25) is 0 Å². The summed E-state index contributed by atoms with van der Waals surface area (Å²) in [6.45, 7) is 6.92. The number of thiophene rings is 1. The van der Waals surface area contributed by atoms with E-state index in [0.29, 0.717) is 6.61 Å². The van der Waals surface area contributed by atoms with Gasteiger partial charge in [0.15, 0.2) is 0 Å². The molecule has 1 aliphatic heterocycles. The van der Waals surface area contributed by atoms with Crippen molar-refractivity contribution >= 4 is 21.4 Å². The summed E-state index contributed by atoms with van der Waals surface area (Å²) in [5.74, 6) is 1.00. The smallest absolute Gasteiger partial charge is 0.124 e. The monoisotopic (exact) mass is 352 g/mol. The van der Waals surface area contributed by atoms with Gasteiger partial charge in [-0.1, -0.05) is 36.4 Å². The lowest BCUT2D eigenvalue weighted by molar-refractivity contribution is 0.195. The van der Waals surface area contributed by atoms with Crippen LogP contribution in [0.4, 0.5) is 0 Å². The molecule has 0 amide bonds. The van der Waals surface area contributed by atoms with Crippen LogP contribution in [0.3, 0.4) is 0 Å². The predicted molar refractivity (Wildman–Crippen MR) is 106 cm³/mol. The van der Waals surface area contributed by atoms with Gasteiger partial charge in [-0.05, 0) is 35.4 Å². The van der Waals surface area contributed by atoms with Crippen molar-refractivity contribution in [1.29, 1.82) is 0 Å². The molecule has 0 saturated carbocycles. The minimum atomic E-state index is 0.237. The van der Waals surface area contributed by atoms with Gasteiger partial charge in [0.05, 0.1) is 12.6 Å². The Hall–Kier alpha value is -1.88. The fourth-order valence-electron chi connectivity index (χ4n) is 3.70. The molecule has 0 spiro atoms. The van der Waals surface area contributed by atoms with Crippen LogP contribution < -0.4 is 10.1 Å². The highest BCUT2D eigenvalue weighted by Gasteiger charge is 2.28. The zero-order chi connectivity index (χ0) is 17.1. The molecular weight excluding hydrogens is 328 g/mol. The van der Waals surface area contributed by atoms with Crippen molar-refractivity contribution < 1.29 is 4.74 Å². The predicted octanol–water partition coefficient (Wildman–Crippen LogP) is 4.29. The average Bonchev–Trinajstić information content (AvgIpc) is 3.09. The topological polar surface area (TPSA) is 24.5 Å². The second-order valence-corrected chi connectivity index (χ2v) is 7.26. The van der Waals surface area contributed by atoms with Crippen LogP contribution >= 0.6 is 11.3 Å². The van der Waals surface area contributed by atoms with Gasteiger partial charge in [0.2, 0.25) is 0 Å². The van der Waals surface area contributed by atoms with Gasteiger partial charge in [0.25, 0.3) is 0 Å². The minimum Gasteiger partial charge on any atom is -0.494 e. The molecule has 2 heterocycles. The van der Waals surface area contributed by atoms with Crippen molar-refractivity contribution in [1.82, 2.24) is 10.2 Å². The maximum Gasteiger partial charge on any atom is 0.124 e. The first kappa shape index (κ1) is 16.6. The molecule has 1 unspecified atom stereocenters. The first-order chi connectivity index (χ1) is 12.4. The highest BCUT2D eigenvalue weighted by Crippen LogP contribution is 2.40. The van der Waals surface area contributed by atoms with Crippen LogP contribution in [0.5, 0.6) is 5.75 Å². The van der Waals surface area contributed by atoms with Gasteiger partial charge in [-0.3, -0.25) is 4.90 Å². The Kier molecular flexibility index (Phi) is 5.02. The summed E-state index contributed by atoms with van der Waals surface area (Å²) in [5, 5.41) is 7.17. The molecule has 4 heteroatoms. The number of nitrogens with zero attached hydrogens (tertiary/aromatic N) is 1. The molecular formula is C21H24N2OS. The van der Waals surface area contributed by atoms with Crippen LogP contribution in [0, 0.1) is 0 Å². The number of rotatable bonds is 5. The van der Waals surface area contributed by atoms with Gasteiger partial charge in [-0.15, -0.1) is 11.3 Å². The number of hydrogen-bond acceptors (Lipinski definition) is 4. The largest absolute Gasteiger partial charge is 0.494 e. The van der Waals surface area contributed by atoms with Gasteiger partial charge in [-0.2, -0.15) is 0 Å². The average molecular weight is 353 g/mol. The lowest BCUT2D eigenvalue weighted by atomic mass is 9.95. The summed E-state index contributed by atoms with van der Waals surface area (Å²) in [6, 6.07) is 17.5. The molecule has 0 bridgehead atoms. The molecule has 1 saturated heterocycles. The van der Waals surface area contributed by atoms with E-state index in [9.17, 15) is 0 Å². The van der Waals surface area contributed by atoms with Crippen LogP contribution in [-0.4, -0.2) is 37.7 Å². The highest BCUT2D eigenvalue weighted by atomic mass is 32.1. The maximum absolute atomic E-state index is 5.98. The summed E-state index contributed by atoms with van der Waals surface area (Å²) in [6.07, 6.45) is 0. The Morgan fingerprint density at radius 1 is 1.04 bits per heavy atom. The lowest BCUT2D eigenvalue weighted by Crippen LogP contribution is -2.45.